The Kier molecular flexibility index (Phi) is 3.76. The summed E-state index contributed by atoms with van der Waals surface area (Å²) in [6.45, 7) is 7.27. The van der Waals surface area contributed by atoms with Crippen LogP contribution in [0.2, 0.25) is 13.1 Å². The van der Waals surface area contributed by atoms with Crippen molar-refractivity contribution < 1.29 is 4.57 Å². The Morgan fingerprint density at radius 2 is 1.62 bits per heavy atom. The molecular formula is C21H22NSeSi+. The van der Waals surface area contributed by atoms with Gasteiger partial charge >= 0.3 is 152 Å². The van der Waals surface area contributed by atoms with Crippen LogP contribution < -0.4 is 23.9 Å². The average Bonchev–Trinajstić information content (AvgIpc) is 2.56. The van der Waals surface area contributed by atoms with Crippen molar-refractivity contribution in [2.45, 2.75) is 20.0 Å². The molecule has 0 saturated carbocycles. The molecule has 0 N–H and O–H groups in total. The van der Waals surface area contributed by atoms with E-state index in [1.165, 1.54) is 16.8 Å². The summed E-state index contributed by atoms with van der Waals surface area (Å²) in [6, 6.07) is 20.5. The molecule has 1 nitrogen and oxygen atoms in total. The standard InChI is InChI=1S/C21H22NSeSi/c1-15-13-21-19(14-16(15)17-9-7-8-12-22(17)2)23-18-10-5-6-11-20(18)24(21,3)4/h5-14H,1-4H3/q+1. The molecule has 4 rings (SSSR count). The summed E-state index contributed by atoms with van der Waals surface area (Å²) < 4.78 is 5.39. The van der Waals surface area contributed by atoms with Gasteiger partial charge in [-0.15, -0.1) is 0 Å². The zero-order valence-corrected chi connectivity index (χ0v) is 17.3. The molecule has 2 heterocycles. The third kappa shape index (κ3) is 2.39. The molecule has 0 aliphatic carbocycles. The Bertz CT molecular complexity index is 946. The summed E-state index contributed by atoms with van der Waals surface area (Å²) in [4.78, 5) is 0. The molecule has 0 radical (unpaired) electrons. The summed E-state index contributed by atoms with van der Waals surface area (Å²) in [5, 5.41) is 3.27. The minimum absolute atomic E-state index is 0.407. The molecule has 0 amide bonds. The molecule has 24 heavy (non-hydrogen) atoms. The van der Waals surface area contributed by atoms with Crippen LogP contribution in [0.5, 0.6) is 0 Å². The number of fused-ring (bicyclic) bond motifs is 2. The molecule has 0 spiro atoms. The second-order valence-corrected chi connectivity index (χ2v) is 13.7. The zero-order valence-electron chi connectivity index (χ0n) is 14.6. The van der Waals surface area contributed by atoms with Gasteiger partial charge in [0, 0.05) is 0 Å². The Morgan fingerprint density at radius 3 is 2.42 bits per heavy atom. The van der Waals surface area contributed by atoms with Crippen LogP contribution in [0.15, 0.2) is 60.8 Å². The number of aryl methyl sites for hydroxylation is 2. The van der Waals surface area contributed by atoms with E-state index in [0.717, 1.165) is 0 Å². The van der Waals surface area contributed by atoms with Crippen molar-refractivity contribution in [1.29, 1.82) is 0 Å². The number of aromatic nitrogens is 1. The fourth-order valence-electron chi connectivity index (χ4n) is 3.68. The van der Waals surface area contributed by atoms with Crippen molar-refractivity contribution >= 4 is 42.3 Å². The van der Waals surface area contributed by atoms with E-state index in [-0.39, 0.29) is 0 Å². The zero-order chi connectivity index (χ0) is 16.9. The summed E-state index contributed by atoms with van der Waals surface area (Å²) in [7, 11) is 0.540. The van der Waals surface area contributed by atoms with Gasteiger partial charge in [0.1, 0.15) is 0 Å². The number of benzene rings is 2. The number of nitrogens with zero attached hydrogens (tertiary/aromatic N) is 1. The third-order valence-corrected chi connectivity index (χ3v) is 11.8. The van der Waals surface area contributed by atoms with Gasteiger partial charge in [0.25, 0.3) is 0 Å². The molecule has 0 bridgehead atoms. The molecule has 0 saturated heterocycles. The minimum atomic E-state index is -1.59. The third-order valence-electron chi connectivity index (χ3n) is 5.11. The van der Waals surface area contributed by atoms with Crippen LogP contribution in [0, 0.1) is 6.92 Å². The van der Waals surface area contributed by atoms with Crippen molar-refractivity contribution in [2.75, 3.05) is 0 Å². The molecule has 0 unspecified atom stereocenters. The Labute approximate surface area is 151 Å². The monoisotopic (exact) mass is 396 g/mol. The van der Waals surface area contributed by atoms with Gasteiger partial charge in [-0.05, 0) is 0 Å². The van der Waals surface area contributed by atoms with E-state index in [2.05, 4.69) is 92.4 Å². The molecule has 0 fully saturated rings. The van der Waals surface area contributed by atoms with Gasteiger partial charge in [0.15, 0.2) is 0 Å². The fraction of sp³-hybridized carbons (Fsp3) is 0.190. The van der Waals surface area contributed by atoms with E-state index >= 15 is 0 Å². The number of hydrogen-bond acceptors (Lipinski definition) is 0. The van der Waals surface area contributed by atoms with Gasteiger partial charge in [0.05, 0.1) is 0 Å². The number of hydrogen-bond donors (Lipinski definition) is 0. The molecule has 1 aromatic heterocycles. The van der Waals surface area contributed by atoms with Crippen LogP contribution in [0.1, 0.15) is 5.56 Å². The van der Waals surface area contributed by atoms with Crippen LogP contribution in [0.3, 0.4) is 0 Å². The summed E-state index contributed by atoms with van der Waals surface area (Å²) in [5.41, 5.74) is 4.07. The van der Waals surface area contributed by atoms with E-state index < -0.39 is 8.07 Å². The van der Waals surface area contributed by atoms with Gasteiger partial charge in [0.2, 0.25) is 0 Å². The van der Waals surface area contributed by atoms with Crippen LogP contribution in [-0.4, -0.2) is 23.0 Å². The molecule has 2 aromatic carbocycles. The molecule has 1 aliphatic rings. The van der Waals surface area contributed by atoms with Crippen molar-refractivity contribution in [3.63, 3.8) is 0 Å². The van der Waals surface area contributed by atoms with Crippen LogP contribution in [-0.2, 0) is 7.05 Å². The topological polar surface area (TPSA) is 3.88 Å². The van der Waals surface area contributed by atoms with Gasteiger partial charge in [-0.3, -0.25) is 0 Å². The fourth-order valence-corrected chi connectivity index (χ4v) is 12.1. The van der Waals surface area contributed by atoms with Crippen molar-refractivity contribution in [3.05, 3.63) is 66.4 Å². The average molecular weight is 395 g/mol. The van der Waals surface area contributed by atoms with Crippen LogP contribution >= 0.6 is 0 Å². The quantitative estimate of drug-likeness (QED) is 0.432. The van der Waals surface area contributed by atoms with E-state index in [1.54, 1.807) is 19.3 Å². The molecule has 120 valence electrons. The van der Waals surface area contributed by atoms with E-state index in [1.807, 2.05) is 0 Å². The molecular weight excluding hydrogens is 373 g/mol. The summed E-state index contributed by atoms with van der Waals surface area (Å²) >= 11 is 0.407. The normalized spacial score (nSPS) is 14.8. The molecule has 1 aliphatic heterocycles. The van der Waals surface area contributed by atoms with Gasteiger partial charge in [-0.2, -0.15) is 0 Å². The van der Waals surface area contributed by atoms with Crippen molar-refractivity contribution in [3.8, 4) is 11.3 Å². The predicted octanol–water partition coefficient (Wildman–Crippen LogP) is 1.28. The SMILES string of the molecule is Cc1cc2c(cc1-c1cccc[n+]1C)[Se]c1ccccc1[Si]2(C)C. The van der Waals surface area contributed by atoms with Gasteiger partial charge in [-0.25, -0.2) is 0 Å². The Morgan fingerprint density at radius 1 is 0.875 bits per heavy atom. The molecule has 3 heteroatoms. The van der Waals surface area contributed by atoms with E-state index in [4.69, 9.17) is 0 Å². The first-order chi connectivity index (χ1) is 11.5. The van der Waals surface area contributed by atoms with Crippen molar-refractivity contribution in [1.82, 2.24) is 0 Å². The number of rotatable bonds is 1. The Hall–Kier alpha value is -1.67. The first kappa shape index (κ1) is 15.8. The number of pyridine rings is 1. The van der Waals surface area contributed by atoms with Crippen LogP contribution in [0.4, 0.5) is 0 Å². The predicted molar refractivity (Wildman–Crippen MR) is 106 cm³/mol. The maximum atomic E-state index is 2.50. The molecule has 0 atom stereocenters. The van der Waals surface area contributed by atoms with Crippen LogP contribution in [0.25, 0.3) is 11.3 Å². The maximum absolute atomic E-state index is 2.50. The van der Waals surface area contributed by atoms with Crippen molar-refractivity contribution in [2.24, 2.45) is 7.05 Å². The van der Waals surface area contributed by atoms with E-state index in [9.17, 15) is 0 Å². The summed E-state index contributed by atoms with van der Waals surface area (Å²) in [5.74, 6) is 0. The van der Waals surface area contributed by atoms with E-state index in [0.29, 0.717) is 15.0 Å². The Balaban J connectivity index is 1.93. The van der Waals surface area contributed by atoms with Gasteiger partial charge in [-0.1, -0.05) is 0 Å². The second-order valence-electron chi connectivity index (χ2n) is 7.08. The first-order valence-corrected chi connectivity index (χ1v) is 13.1. The summed E-state index contributed by atoms with van der Waals surface area (Å²) in [6.07, 6.45) is 2.13. The second kappa shape index (κ2) is 5.70. The first-order valence-electron chi connectivity index (χ1n) is 8.36. The molecule has 3 aromatic rings. The van der Waals surface area contributed by atoms with Gasteiger partial charge < -0.3 is 0 Å².